The Balaban J connectivity index is 2.13. The monoisotopic (exact) mass is 378 g/mol. The lowest BCUT2D eigenvalue weighted by atomic mass is 9.82. The Labute approximate surface area is 161 Å². The molecule has 0 bridgehead atoms. The fourth-order valence-electron chi connectivity index (χ4n) is 3.16. The molecule has 27 heavy (non-hydrogen) atoms. The van der Waals surface area contributed by atoms with Crippen molar-refractivity contribution in [1.82, 2.24) is 10.2 Å². The maximum absolute atomic E-state index is 13.3. The molecule has 1 aromatic rings. The third-order valence-corrected chi connectivity index (χ3v) is 4.64. The summed E-state index contributed by atoms with van der Waals surface area (Å²) in [6.07, 6.45) is -0.713. The molecule has 1 aliphatic heterocycles. The van der Waals surface area contributed by atoms with Crippen LogP contribution in [0.4, 0.5) is 4.39 Å². The second-order valence-corrected chi connectivity index (χ2v) is 9.22. The largest absolute Gasteiger partial charge is 0.365 e. The molecule has 1 fully saturated rings. The summed E-state index contributed by atoms with van der Waals surface area (Å²) >= 11 is 0. The average Bonchev–Trinajstić information content (AvgIpc) is 2.58. The lowest BCUT2D eigenvalue weighted by Crippen LogP contribution is -2.54. The van der Waals surface area contributed by atoms with E-state index in [0.29, 0.717) is 13.2 Å². The first-order chi connectivity index (χ1) is 12.4. The molecule has 0 saturated carbocycles. The molecule has 2 atom stereocenters. The fraction of sp³-hybridized carbons (Fsp3) is 0.619. The molecule has 1 heterocycles. The zero-order valence-corrected chi connectivity index (χ0v) is 17.1. The zero-order chi connectivity index (χ0) is 20.4. The fourth-order valence-corrected chi connectivity index (χ4v) is 3.16. The SMILES string of the molecule is CC(C)(C)C(=O)N1CCOC(C(=O)NC(c2ccc(F)cc2)C(C)(C)C)C1. The van der Waals surface area contributed by atoms with E-state index in [2.05, 4.69) is 5.32 Å². The smallest absolute Gasteiger partial charge is 0.251 e. The van der Waals surface area contributed by atoms with Gasteiger partial charge in [-0.3, -0.25) is 9.59 Å². The lowest BCUT2D eigenvalue weighted by Gasteiger charge is -2.38. The number of benzene rings is 1. The Morgan fingerprint density at radius 2 is 1.74 bits per heavy atom. The molecular weight excluding hydrogens is 347 g/mol. The van der Waals surface area contributed by atoms with Crippen LogP contribution >= 0.6 is 0 Å². The number of morpholine rings is 1. The number of nitrogens with zero attached hydrogens (tertiary/aromatic N) is 1. The van der Waals surface area contributed by atoms with Crippen LogP contribution in [0, 0.1) is 16.6 Å². The molecule has 5 nitrogen and oxygen atoms in total. The second-order valence-electron chi connectivity index (χ2n) is 9.22. The standard InChI is InChI=1S/C21H31FN2O3/c1-20(2,3)17(14-7-9-15(22)10-8-14)23-18(25)16-13-24(11-12-27-16)19(26)21(4,5)6/h7-10,16-17H,11-13H2,1-6H3,(H,23,25). The summed E-state index contributed by atoms with van der Waals surface area (Å²) in [5.74, 6) is -0.565. The van der Waals surface area contributed by atoms with E-state index in [1.165, 1.54) is 12.1 Å². The number of carbonyl (C=O) groups excluding carboxylic acids is 2. The van der Waals surface area contributed by atoms with Crippen molar-refractivity contribution in [2.24, 2.45) is 10.8 Å². The molecule has 6 heteroatoms. The van der Waals surface area contributed by atoms with Crippen LogP contribution < -0.4 is 5.32 Å². The minimum atomic E-state index is -0.713. The van der Waals surface area contributed by atoms with Crippen LogP contribution in [0.3, 0.4) is 0 Å². The Morgan fingerprint density at radius 3 is 2.26 bits per heavy atom. The number of halogens is 1. The maximum atomic E-state index is 13.3. The molecular formula is C21H31FN2O3. The van der Waals surface area contributed by atoms with Crippen molar-refractivity contribution in [3.05, 3.63) is 35.6 Å². The van der Waals surface area contributed by atoms with Crippen molar-refractivity contribution >= 4 is 11.8 Å². The van der Waals surface area contributed by atoms with Gasteiger partial charge >= 0.3 is 0 Å². The van der Waals surface area contributed by atoms with Gasteiger partial charge in [0.2, 0.25) is 5.91 Å². The summed E-state index contributed by atoms with van der Waals surface area (Å²) in [5.41, 5.74) is 0.0550. The number of carbonyl (C=O) groups is 2. The van der Waals surface area contributed by atoms with Gasteiger partial charge in [0, 0.05) is 12.0 Å². The van der Waals surface area contributed by atoms with Gasteiger partial charge in [-0.2, -0.15) is 0 Å². The molecule has 2 unspecified atom stereocenters. The van der Waals surface area contributed by atoms with Gasteiger partial charge in [0.05, 0.1) is 19.2 Å². The summed E-state index contributed by atoms with van der Waals surface area (Å²) in [7, 11) is 0. The molecule has 0 radical (unpaired) electrons. The van der Waals surface area contributed by atoms with Gasteiger partial charge in [0.25, 0.3) is 5.91 Å². The summed E-state index contributed by atoms with van der Waals surface area (Å²) in [6.45, 7) is 12.7. The highest BCUT2D eigenvalue weighted by molar-refractivity contribution is 5.85. The summed E-state index contributed by atoms with van der Waals surface area (Å²) in [5, 5.41) is 3.04. The first-order valence-electron chi connectivity index (χ1n) is 9.36. The molecule has 0 aromatic heterocycles. The first kappa shape index (κ1) is 21.4. The van der Waals surface area contributed by atoms with E-state index in [-0.39, 0.29) is 35.6 Å². The van der Waals surface area contributed by atoms with Crippen LogP contribution in [0.15, 0.2) is 24.3 Å². The summed E-state index contributed by atoms with van der Waals surface area (Å²) in [4.78, 5) is 27.1. The Kier molecular flexibility index (Phi) is 6.30. The number of hydrogen-bond acceptors (Lipinski definition) is 3. The van der Waals surface area contributed by atoms with Crippen molar-refractivity contribution in [2.45, 2.75) is 53.7 Å². The van der Waals surface area contributed by atoms with E-state index < -0.39 is 11.5 Å². The molecule has 1 aromatic carbocycles. The molecule has 150 valence electrons. The van der Waals surface area contributed by atoms with Gasteiger partial charge in [-0.15, -0.1) is 0 Å². The lowest BCUT2D eigenvalue weighted by molar-refractivity contribution is -0.153. The van der Waals surface area contributed by atoms with E-state index >= 15 is 0 Å². The van der Waals surface area contributed by atoms with Crippen LogP contribution in [-0.2, 0) is 14.3 Å². The van der Waals surface area contributed by atoms with Gasteiger partial charge in [-0.1, -0.05) is 53.7 Å². The van der Waals surface area contributed by atoms with Gasteiger partial charge in [-0.25, -0.2) is 4.39 Å². The van der Waals surface area contributed by atoms with Crippen LogP contribution in [0.1, 0.15) is 53.1 Å². The minimum absolute atomic E-state index is 0.00880. The summed E-state index contributed by atoms with van der Waals surface area (Å²) < 4.78 is 18.9. The van der Waals surface area contributed by atoms with Gasteiger partial charge < -0.3 is 15.0 Å². The Morgan fingerprint density at radius 1 is 1.15 bits per heavy atom. The zero-order valence-electron chi connectivity index (χ0n) is 17.1. The first-order valence-corrected chi connectivity index (χ1v) is 9.36. The van der Waals surface area contributed by atoms with Crippen molar-refractivity contribution in [3.63, 3.8) is 0 Å². The highest BCUT2D eigenvalue weighted by atomic mass is 19.1. The predicted octanol–water partition coefficient (Wildman–Crippen LogP) is 3.30. The summed E-state index contributed by atoms with van der Waals surface area (Å²) in [6, 6.07) is 5.84. The van der Waals surface area contributed by atoms with Crippen LogP contribution in [0.2, 0.25) is 0 Å². The van der Waals surface area contributed by atoms with Gasteiger partial charge in [-0.05, 0) is 23.1 Å². The molecule has 2 rings (SSSR count). The third kappa shape index (κ3) is 5.51. The van der Waals surface area contributed by atoms with E-state index in [1.54, 1.807) is 17.0 Å². The van der Waals surface area contributed by atoms with Crippen LogP contribution in [0.5, 0.6) is 0 Å². The highest BCUT2D eigenvalue weighted by Crippen LogP contribution is 2.33. The van der Waals surface area contributed by atoms with Crippen molar-refractivity contribution in [2.75, 3.05) is 19.7 Å². The number of nitrogens with one attached hydrogen (secondary N) is 1. The van der Waals surface area contributed by atoms with Crippen LogP contribution in [-0.4, -0.2) is 42.5 Å². The van der Waals surface area contributed by atoms with E-state index in [0.717, 1.165) is 5.56 Å². The molecule has 0 spiro atoms. The normalized spacial score (nSPS) is 19.5. The molecule has 1 N–H and O–H groups in total. The molecule has 2 amide bonds. The number of hydrogen-bond donors (Lipinski definition) is 1. The maximum Gasteiger partial charge on any atom is 0.251 e. The number of rotatable bonds is 3. The van der Waals surface area contributed by atoms with Crippen molar-refractivity contribution in [3.8, 4) is 0 Å². The van der Waals surface area contributed by atoms with Crippen molar-refractivity contribution in [1.29, 1.82) is 0 Å². The molecule has 1 saturated heterocycles. The average molecular weight is 378 g/mol. The predicted molar refractivity (Wildman–Crippen MR) is 103 cm³/mol. The quantitative estimate of drug-likeness (QED) is 0.878. The number of amides is 2. The van der Waals surface area contributed by atoms with Gasteiger partial charge in [0.15, 0.2) is 6.10 Å². The van der Waals surface area contributed by atoms with E-state index in [1.807, 2.05) is 41.5 Å². The number of ether oxygens (including phenoxy) is 1. The van der Waals surface area contributed by atoms with Crippen molar-refractivity contribution < 1.29 is 18.7 Å². The second kappa shape index (κ2) is 7.97. The van der Waals surface area contributed by atoms with E-state index in [4.69, 9.17) is 4.74 Å². The Bertz CT molecular complexity index is 674. The van der Waals surface area contributed by atoms with Gasteiger partial charge in [0.1, 0.15) is 5.82 Å². The highest BCUT2D eigenvalue weighted by Gasteiger charge is 2.36. The third-order valence-electron chi connectivity index (χ3n) is 4.64. The topological polar surface area (TPSA) is 58.6 Å². The molecule has 1 aliphatic rings. The van der Waals surface area contributed by atoms with E-state index in [9.17, 15) is 14.0 Å². The Hall–Kier alpha value is -1.95. The van der Waals surface area contributed by atoms with Crippen LogP contribution in [0.25, 0.3) is 0 Å². The minimum Gasteiger partial charge on any atom is -0.365 e. The molecule has 0 aliphatic carbocycles.